The third-order valence-electron chi connectivity index (χ3n) is 2.49. The lowest BCUT2D eigenvalue weighted by Gasteiger charge is -2.17. The van der Waals surface area contributed by atoms with Crippen LogP contribution in [0.5, 0.6) is 0 Å². The lowest BCUT2D eigenvalue weighted by atomic mass is 10.1. The molecule has 0 bridgehead atoms. The lowest BCUT2D eigenvalue weighted by Crippen LogP contribution is -2.49. The second-order valence-corrected chi connectivity index (χ2v) is 3.68. The number of amides is 2. The summed E-state index contributed by atoms with van der Waals surface area (Å²) in [6.45, 7) is 1.35. The third kappa shape index (κ3) is 1.78. The molecule has 0 radical (unpaired) electrons. The van der Waals surface area contributed by atoms with E-state index in [-0.39, 0.29) is 11.1 Å². The van der Waals surface area contributed by atoms with Gasteiger partial charge in [-0.2, -0.15) is 0 Å². The number of hydrazine groups is 1. The van der Waals surface area contributed by atoms with Crippen LogP contribution in [0.2, 0.25) is 0 Å². The quantitative estimate of drug-likeness (QED) is 0.732. The number of hydrogen-bond donors (Lipinski definition) is 2. The monoisotopic (exact) mass is 234 g/mol. The van der Waals surface area contributed by atoms with E-state index in [1.54, 1.807) is 12.1 Å². The molecule has 1 aliphatic heterocycles. The number of nitrogens with one attached hydrogen (secondary N) is 1. The molecule has 88 valence electrons. The first-order valence-electron chi connectivity index (χ1n) is 4.99. The Morgan fingerprint density at radius 3 is 2.12 bits per heavy atom. The van der Waals surface area contributed by atoms with Crippen LogP contribution in [0.25, 0.3) is 0 Å². The molecule has 6 nitrogen and oxygen atoms in total. The first-order chi connectivity index (χ1) is 8.02. The number of carbonyl (C=O) groups is 3. The number of carboxylic acid groups (broad SMARTS) is 1. The van der Waals surface area contributed by atoms with Crippen molar-refractivity contribution < 1.29 is 19.5 Å². The summed E-state index contributed by atoms with van der Waals surface area (Å²) in [7, 11) is 0. The molecule has 1 aromatic rings. The Kier molecular flexibility index (Phi) is 2.64. The molecule has 0 aliphatic carbocycles. The summed E-state index contributed by atoms with van der Waals surface area (Å²) in [6, 6.07) is 5.34. The van der Waals surface area contributed by atoms with Gasteiger partial charge in [-0.15, -0.1) is 0 Å². The molecular formula is C11H10N2O4. The van der Waals surface area contributed by atoms with Gasteiger partial charge in [0, 0.05) is 0 Å². The highest BCUT2D eigenvalue weighted by atomic mass is 16.4. The Balaban J connectivity index is 2.27. The normalized spacial score (nSPS) is 15.9. The average Bonchev–Trinajstić information content (AvgIpc) is 2.55. The van der Waals surface area contributed by atoms with Gasteiger partial charge < -0.3 is 5.11 Å². The van der Waals surface area contributed by atoms with Crippen molar-refractivity contribution in [1.82, 2.24) is 10.4 Å². The van der Waals surface area contributed by atoms with Crippen LogP contribution in [0.1, 0.15) is 27.6 Å². The number of fused-ring (bicyclic) bond motifs is 1. The van der Waals surface area contributed by atoms with Crippen molar-refractivity contribution in [3.05, 3.63) is 35.4 Å². The number of hydrogen-bond acceptors (Lipinski definition) is 4. The van der Waals surface area contributed by atoms with Crippen molar-refractivity contribution in [3.8, 4) is 0 Å². The zero-order valence-electron chi connectivity index (χ0n) is 9.01. The van der Waals surface area contributed by atoms with Crippen LogP contribution in [0, 0.1) is 0 Å². The summed E-state index contributed by atoms with van der Waals surface area (Å²) >= 11 is 0. The summed E-state index contributed by atoms with van der Waals surface area (Å²) in [4.78, 5) is 34.3. The molecule has 1 heterocycles. The summed E-state index contributed by atoms with van der Waals surface area (Å²) in [5.41, 5.74) is 2.92. The van der Waals surface area contributed by atoms with E-state index in [4.69, 9.17) is 5.11 Å². The number of rotatable bonds is 3. The zero-order chi connectivity index (χ0) is 12.6. The number of carbonyl (C=O) groups excluding carboxylic acids is 2. The molecule has 0 saturated carbocycles. The third-order valence-corrected chi connectivity index (χ3v) is 2.49. The molecule has 0 unspecified atom stereocenters. The number of carboxylic acids is 1. The van der Waals surface area contributed by atoms with Gasteiger partial charge in [0.15, 0.2) is 0 Å². The van der Waals surface area contributed by atoms with Gasteiger partial charge in [-0.05, 0) is 19.1 Å². The van der Waals surface area contributed by atoms with E-state index < -0.39 is 23.8 Å². The van der Waals surface area contributed by atoms with Crippen molar-refractivity contribution in [3.63, 3.8) is 0 Å². The molecule has 2 rings (SSSR count). The van der Waals surface area contributed by atoms with E-state index in [2.05, 4.69) is 5.43 Å². The number of imide groups is 1. The first kappa shape index (κ1) is 11.3. The van der Waals surface area contributed by atoms with Crippen LogP contribution in [0.4, 0.5) is 0 Å². The van der Waals surface area contributed by atoms with E-state index in [0.29, 0.717) is 0 Å². The Bertz CT molecular complexity index is 477. The first-order valence-corrected chi connectivity index (χ1v) is 4.99. The predicted octanol–water partition coefficient (Wildman–Crippen LogP) is 0.260. The average molecular weight is 234 g/mol. The van der Waals surface area contributed by atoms with Gasteiger partial charge in [0.2, 0.25) is 0 Å². The van der Waals surface area contributed by atoms with Gasteiger partial charge >= 0.3 is 5.97 Å². The maximum atomic E-state index is 11.8. The Hall–Kier alpha value is -2.21. The van der Waals surface area contributed by atoms with Gasteiger partial charge in [0.05, 0.1) is 11.1 Å². The fourth-order valence-electron chi connectivity index (χ4n) is 1.56. The molecule has 6 heteroatoms. The Morgan fingerprint density at radius 2 is 1.71 bits per heavy atom. The highest BCUT2D eigenvalue weighted by Crippen LogP contribution is 2.20. The van der Waals surface area contributed by atoms with Crippen LogP contribution in [-0.4, -0.2) is 33.9 Å². The number of nitrogens with zero attached hydrogens (tertiary/aromatic N) is 1. The summed E-state index contributed by atoms with van der Waals surface area (Å²) in [6.07, 6.45) is 0. The Morgan fingerprint density at radius 1 is 1.24 bits per heavy atom. The molecule has 0 spiro atoms. The minimum absolute atomic E-state index is 0.280. The molecule has 2 amide bonds. The maximum absolute atomic E-state index is 11.8. The van der Waals surface area contributed by atoms with Gasteiger partial charge in [0.25, 0.3) is 11.8 Å². The number of benzene rings is 1. The standard InChI is InChI=1S/C11H10N2O4/c1-6(11(16)17)12-13-9(14)7-4-2-3-5-8(7)10(13)15/h2-6,12H,1H3,(H,16,17)/t6-/m1/s1. The molecule has 1 aromatic carbocycles. The minimum atomic E-state index is -1.14. The summed E-state index contributed by atoms with van der Waals surface area (Å²) in [5.74, 6) is -2.20. The van der Waals surface area contributed by atoms with Crippen molar-refractivity contribution in [2.45, 2.75) is 13.0 Å². The van der Waals surface area contributed by atoms with Crippen LogP contribution in [-0.2, 0) is 4.79 Å². The van der Waals surface area contributed by atoms with Gasteiger partial charge in [-0.25, -0.2) is 10.4 Å². The second kappa shape index (κ2) is 3.99. The van der Waals surface area contributed by atoms with Crippen molar-refractivity contribution in [2.75, 3.05) is 0 Å². The van der Waals surface area contributed by atoms with Crippen LogP contribution >= 0.6 is 0 Å². The van der Waals surface area contributed by atoms with Crippen LogP contribution in [0.15, 0.2) is 24.3 Å². The minimum Gasteiger partial charge on any atom is -0.480 e. The van der Waals surface area contributed by atoms with Gasteiger partial charge in [-0.3, -0.25) is 14.4 Å². The van der Waals surface area contributed by atoms with Crippen LogP contribution < -0.4 is 5.43 Å². The molecule has 1 aliphatic rings. The highest BCUT2D eigenvalue weighted by molar-refractivity contribution is 6.21. The SMILES string of the molecule is C[C@@H](NN1C(=O)c2ccccc2C1=O)C(=O)O. The van der Waals surface area contributed by atoms with Crippen molar-refractivity contribution in [2.24, 2.45) is 0 Å². The molecule has 17 heavy (non-hydrogen) atoms. The smallest absolute Gasteiger partial charge is 0.322 e. The molecule has 0 fully saturated rings. The summed E-state index contributed by atoms with van der Waals surface area (Å²) < 4.78 is 0. The van der Waals surface area contributed by atoms with E-state index in [0.717, 1.165) is 5.01 Å². The summed E-state index contributed by atoms with van der Waals surface area (Å²) in [5, 5.41) is 9.46. The fraction of sp³-hybridized carbons (Fsp3) is 0.182. The van der Waals surface area contributed by atoms with E-state index in [1.807, 2.05) is 0 Å². The van der Waals surface area contributed by atoms with E-state index in [1.165, 1.54) is 19.1 Å². The van der Waals surface area contributed by atoms with Gasteiger partial charge in [-0.1, -0.05) is 12.1 Å². The predicted molar refractivity (Wildman–Crippen MR) is 57.2 cm³/mol. The molecule has 1 atom stereocenters. The van der Waals surface area contributed by atoms with E-state index in [9.17, 15) is 14.4 Å². The lowest BCUT2D eigenvalue weighted by molar-refractivity contribution is -0.139. The number of aliphatic carboxylic acids is 1. The topological polar surface area (TPSA) is 86.7 Å². The molecule has 2 N–H and O–H groups in total. The maximum Gasteiger partial charge on any atom is 0.322 e. The largest absolute Gasteiger partial charge is 0.480 e. The van der Waals surface area contributed by atoms with Crippen LogP contribution in [0.3, 0.4) is 0 Å². The zero-order valence-corrected chi connectivity index (χ0v) is 9.01. The molecular weight excluding hydrogens is 224 g/mol. The molecule has 0 aromatic heterocycles. The fourth-order valence-corrected chi connectivity index (χ4v) is 1.56. The Labute approximate surface area is 96.8 Å². The van der Waals surface area contributed by atoms with Crippen molar-refractivity contribution >= 4 is 17.8 Å². The highest BCUT2D eigenvalue weighted by Gasteiger charge is 2.36. The van der Waals surface area contributed by atoms with Gasteiger partial charge in [0.1, 0.15) is 6.04 Å². The van der Waals surface area contributed by atoms with Crippen molar-refractivity contribution in [1.29, 1.82) is 0 Å². The second-order valence-electron chi connectivity index (χ2n) is 3.68. The van der Waals surface area contributed by atoms with E-state index >= 15 is 0 Å². The molecule has 0 saturated heterocycles.